The summed E-state index contributed by atoms with van der Waals surface area (Å²) < 4.78 is 0. The Hall–Kier alpha value is -3.33. The van der Waals surface area contributed by atoms with Crippen molar-refractivity contribution in [3.05, 3.63) is 109 Å². The summed E-state index contributed by atoms with van der Waals surface area (Å²) in [6.07, 6.45) is 3.46. The van der Waals surface area contributed by atoms with Crippen molar-refractivity contribution in [1.82, 2.24) is 10.2 Å². The van der Waals surface area contributed by atoms with E-state index in [-0.39, 0.29) is 0 Å². The van der Waals surface area contributed by atoms with E-state index >= 15 is 0 Å². The summed E-state index contributed by atoms with van der Waals surface area (Å²) >= 11 is 0. The maximum Gasteiger partial charge on any atom is 0.0487 e. The standard InChI is InChI=1S/C18H15N.C3H4N2/c1-4-10-16(11-5-1)19(17-12-6-2-7-13-17)18-14-8-3-9-15-18;1-2-4-5-3-1/h1-15H;1-3H,(H,4,5). The highest BCUT2D eigenvalue weighted by Crippen LogP contribution is 2.33. The van der Waals surface area contributed by atoms with Crippen LogP contribution in [0.1, 0.15) is 0 Å². The Labute approximate surface area is 142 Å². The molecule has 0 saturated carbocycles. The fourth-order valence-corrected chi connectivity index (χ4v) is 2.39. The molecule has 3 nitrogen and oxygen atoms in total. The Morgan fingerprint density at radius 1 is 0.542 bits per heavy atom. The van der Waals surface area contributed by atoms with E-state index in [9.17, 15) is 0 Å². The van der Waals surface area contributed by atoms with Crippen molar-refractivity contribution in [2.75, 3.05) is 4.90 Å². The van der Waals surface area contributed by atoms with Gasteiger partial charge in [-0.25, -0.2) is 0 Å². The molecule has 0 fully saturated rings. The number of rotatable bonds is 3. The third kappa shape index (κ3) is 4.11. The molecule has 1 heterocycles. The third-order valence-corrected chi connectivity index (χ3v) is 3.45. The Balaban J connectivity index is 0.000000290. The van der Waals surface area contributed by atoms with Crippen LogP contribution in [0, 0.1) is 0 Å². The molecule has 0 saturated heterocycles. The first-order valence-corrected chi connectivity index (χ1v) is 7.84. The topological polar surface area (TPSA) is 31.9 Å². The van der Waals surface area contributed by atoms with Gasteiger partial charge < -0.3 is 4.90 Å². The normalized spacial score (nSPS) is 9.67. The van der Waals surface area contributed by atoms with Crippen LogP contribution < -0.4 is 4.90 Å². The average Bonchev–Trinajstić information content (AvgIpc) is 3.25. The van der Waals surface area contributed by atoms with Crippen LogP contribution >= 0.6 is 0 Å². The van der Waals surface area contributed by atoms with Crippen molar-refractivity contribution < 1.29 is 0 Å². The number of nitrogens with one attached hydrogen (secondary N) is 1. The molecule has 0 unspecified atom stereocenters. The molecule has 0 aliphatic carbocycles. The van der Waals surface area contributed by atoms with Crippen molar-refractivity contribution in [3.63, 3.8) is 0 Å². The number of benzene rings is 3. The van der Waals surface area contributed by atoms with Gasteiger partial charge in [0.2, 0.25) is 0 Å². The van der Waals surface area contributed by atoms with Crippen LogP contribution in [0.4, 0.5) is 17.1 Å². The molecule has 0 atom stereocenters. The van der Waals surface area contributed by atoms with Crippen LogP contribution in [0.5, 0.6) is 0 Å². The largest absolute Gasteiger partial charge is 0.311 e. The lowest BCUT2D eigenvalue weighted by atomic mass is 10.2. The van der Waals surface area contributed by atoms with E-state index in [1.807, 2.05) is 24.3 Å². The molecule has 3 aromatic carbocycles. The van der Waals surface area contributed by atoms with Crippen LogP contribution in [0.25, 0.3) is 0 Å². The second-order valence-electron chi connectivity index (χ2n) is 5.11. The van der Waals surface area contributed by atoms with E-state index in [4.69, 9.17) is 0 Å². The molecule has 0 bridgehead atoms. The first kappa shape index (κ1) is 15.6. The highest BCUT2D eigenvalue weighted by molar-refractivity contribution is 5.76. The number of anilines is 3. The van der Waals surface area contributed by atoms with E-state index in [1.54, 1.807) is 12.4 Å². The van der Waals surface area contributed by atoms with Gasteiger partial charge >= 0.3 is 0 Å². The number of para-hydroxylation sites is 3. The summed E-state index contributed by atoms with van der Waals surface area (Å²) in [5.41, 5.74) is 3.50. The third-order valence-electron chi connectivity index (χ3n) is 3.45. The quantitative estimate of drug-likeness (QED) is 0.536. The molecule has 118 valence electrons. The van der Waals surface area contributed by atoms with Crippen LogP contribution in [0.3, 0.4) is 0 Å². The number of hydrogen-bond donors (Lipinski definition) is 1. The molecule has 24 heavy (non-hydrogen) atoms. The molecular weight excluding hydrogens is 294 g/mol. The summed E-state index contributed by atoms with van der Waals surface area (Å²) in [6.45, 7) is 0. The van der Waals surface area contributed by atoms with Crippen molar-refractivity contribution in [1.29, 1.82) is 0 Å². The Kier molecular flexibility index (Phi) is 5.41. The fraction of sp³-hybridized carbons (Fsp3) is 0. The van der Waals surface area contributed by atoms with E-state index < -0.39 is 0 Å². The highest BCUT2D eigenvalue weighted by Gasteiger charge is 2.10. The van der Waals surface area contributed by atoms with Gasteiger partial charge in [0.05, 0.1) is 0 Å². The van der Waals surface area contributed by atoms with Crippen LogP contribution in [0.2, 0.25) is 0 Å². The predicted octanol–water partition coefficient (Wildman–Crippen LogP) is 5.57. The summed E-state index contributed by atoms with van der Waals surface area (Å²) in [5.74, 6) is 0. The summed E-state index contributed by atoms with van der Waals surface area (Å²) in [6, 6.07) is 33.1. The zero-order valence-corrected chi connectivity index (χ0v) is 13.3. The lowest BCUT2D eigenvalue weighted by molar-refractivity contribution is 1.09. The zero-order valence-electron chi connectivity index (χ0n) is 13.3. The van der Waals surface area contributed by atoms with Gasteiger partial charge in [-0.05, 0) is 42.5 Å². The van der Waals surface area contributed by atoms with Crippen molar-refractivity contribution in [3.8, 4) is 0 Å². The Morgan fingerprint density at radius 2 is 0.958 bits per heavy atom. The second kappa shape index (κ2) is 8.34. The average molecular weight is 313 g/mol. The number of nitrogens with zero attached hydrogens (tertiary/aromatic N) is 2. The monoisotopic (exact) mass is 313 g/mol. The molecule has 0 spiro atoms. The molecule has 0 radical (unpaired) electrons. The smallest absolute Gasteiger partial charge is 0.0487 e. The molecule has 0 aliphatic rings. The molecule has 4 rings (SSSR count). The fourth-order valence-electron chi connectivity index (χ4n) is 2.39. The van der Waals surface area contributed by atoms with Gasteiger partial charge in [0.25, 0.3) is 0 Å². The van der Waals surface area contributed by atoms with Crippen LogP contribution in [-0.4, -0.2) is 10.2 Å². The maximum atomic E-state index is 3.60. The molecular formula is C21H19N3. The molecule has 0 aliphatic heterocycles. The van der Waals surface area contributed by atoms with Gasteiger partial charge in [0.15, 0.2) is 0 Å². The molecule has 1 N–H and O–H groups in total. The Morgan fingerprint density at radius 3 is 1.21 bits per heavy atom. The van der Waals surface area contributed by atoms with E-state index in [2.05, 4.69) is 87.9 Å². The minimum atomic E-state index is 1.17. The van der Waals surface area contributed by atoms with E-state index in [0.717, 1.165) is 0 Å². The number of hydrogen-bond acceptors (Lipinski definition) is 2. The SMILES string of the molecule is c1ccc(N(c2ccccc2)c2ccccc2)cc1.c1cn[nH]c1. The van der Waals surface area contributed by atoms with Gasteiger partial charge in [0.1, 0.15) is 0 Å². The van der Waals surface area contributed by atoms with Gasteiger partial charge in [-0.2, -0.15) is 5.10 Å². The van der Waals surface area contributed by atoms with Crippen molar-refractivity contribution in [2.45, 2.75) is 0 Å². The zero-order chi connectivity index (χ0) is 16.5. The van der Waals surface area contributed by atoms with Gasteiger partial charge in [-0.15, -0.1) is 0 Å². The number of aromatic amines is 1. The van der Waals surface area contributed by atoms with Crippen molar-refractivity contribution in [2.24, 2.45) is 0 Å². The maximum absolute atomic E-state index is 3.60. The minimum Gasteiger partial charge on any atom is -0.311 e. The summed E-state index contributed by atoms with van der Waals surface area (Å²) in [7, 11) is 0. The predicted molar refractivity (Wildman–Crippen MR) is 99.7 cm³/mol. The van der Waals surface area contributed by atoms with Crippen LogP contribution in [-0.2, 0) is 0 Å². The van der Waals surface area contributed by atoms with Gasteiger partial charge in [-0.1, -0.05) is 54.6 Å². The first-order chi connectivity index (χ1) is 11.9. The molecule has 4 aromatic rings. The molecule has 3 heteroatoms. The lowest BCUT2D eigenvalue weighted by Gasteiger charge is -2.25. The summed E-state index contributed by atoms with van der Waals surface area (Å²) in [4.78, 5) is 2.25. The van der Waals surface area contributed by atoms with Gasteiger partial charge in [-0.3, -0.25) is 5.10 Å². The first-order valence-electron chi connectivity index (χ1n) is 7.84. The molecule has 1 aromatic heterocycles. The number of H-pyrrole nitrogens is 1. The Bertz CT molecular complexity index is 686. The highest BCUT2D eigenvalue weighted by atomic mass is 15.1. The summed E-state index contributed by atoms with van der Waals surface area (Å²) in [5, 5.41) is 6.21. The van der Waals surface area contributed by atoms with Gasteiger partial charge in [0, 0.05) is 29.5 Å². The van der Waals surface area contributed by atoms with Crippen LogP contribution in [0.15, 0.2) is 109 Å². The number of aromatic nitrogens is 2. The van der Waals surface area contributed by atoms with Crippen molar-refractivity contribution >= 4 is 17.1 Å². The minimum absolute atomic E-state index is 1.17. The second-order valence-corrected chi connectivity index (χ2v) is 5.11. The lowest BCUT2D eigenvalue weighted by Crippen LogP contribution is -2.09. The molecule has 0 amide bonds. The van der Waals surface area contributed by atoms with E-state index in [1.165, 1.54) is 17.1 Å². The van der Waals surface area contributed by atoms with E-state index in [0.29, 0.717) is 0 Å².